The summed E-state index contributed by atoms with van der Waals surface area (Å²) in [7, 11) is 4.55. The first kappa shape index (κ1) is 21.4. The summed E-state index contributed by atoms with van der Waals surface area (Å²) in [5.74, 6) is 1.27. The maximum Gasteiger partial charge on any atom is 0.261 e. The summed E-state index contributed by atoms with van der Waals surface area (Å²) in [6.07, 6.45) is 2.13. The highest BCUT2D eigenvalue weighted by Crippen LogP contribution is 2.30. The third-order valence-corrected chi connectivity index (χ3v) is 4.80. The second kappa shape index (κ2) is 9.49. The second-order valence-corrected chi connectivity index (χ2v) is 6.90. The van der Waals surface area contributed by atoms with Crippen molar-refractivity contribution in [2.75, 3.05) is 26.6 Å². The molecule has 0 saturated carbocycles. The van der Waals surface area contributed by atoms with Crippen LogP contribution in [0.4, 0.5) is 5.69 Å². The van der Waals surface area contributed by atoms with Crippen LogP contribution in [0.15, 0.2) is 41.5 Å². The van der Waals surface area contributed by atoms with Crippen LogP contribution in [0.2, 0.25) is 5.02 Å². The Morgan fingerprint density at radius 2 is 1.77 bits per heavy atom. The van der Waals surface area contributed by atoms with Gasteiger partial charge in [0.1, 0.15) is 5.75 Å². The maximum atomic E-state index is 12.8. The number of fused-ring (bicyclic) bond motifs is 1. The lowest BCUT2D eigenvalue weighted by Gasteiger charge is -2.12. The largest absolute Gasteiger partial charge is 0.495 e. The standard InChI is InChI=1S/C21H22ClN3O5/c1-28-17-7-6-13(22)9-16(17)24-20(26)5-4-8-25-12-23-15-11-19(30-3)18(29-2)10-14(15)21(25)27/h6-7,9-12H,4-5,8H2,1-3H3,(H,24,26). The van der Waals surface area contributed by atoms with E-state index in [4.69, 9.17) is 25.8 Å². The average Bonchev–Trinajstić information content (AvgIpc) is 2.74. The van der Waals surface area contributed by atoms with Crippen molar-refractivity contribution in [2.45, 2.75) is 19.4 Å². The Hall–Kier alpha value is -3.26. The Morgan fingerprint density at radius 1 is 1.07 bits per heavy atom. The molecular weight excluding hydrogens is 410 g/mol. The summed E-state index contributed by atoms with van der Waals surface area (Å²) < 4.78 is 17.2. The third kappa shape index (κ3) is 4.65. The fourth-order valence-electron chi connectivity index (χ4n) is 3.05. The molecule has 1 N–H and O–H groups in total. The van der Waals surface area contributed by atoms with Gasteiger partial charge in [0.05, 0.1) is 44.2 Å². The molecule has 0 aliphatic carbocycles. The molecule has 1 amide bonds. The number of carbonyl (C=O) groups is 1. The van der Waals surface area contributed by atoms with Crippen LogP contribution in [-0.4, -0.2) is 36.8 Å². The van der Waals surface area contributed by atoms with Crippen molar-refractivity contribution < 1.29 is 19.0 Å². The highest BCUT2D eigenvalue weighted by Gasteiger charge is 2.12. The lowest BCUT2D eigenvalue weighted by atomic mass is 10.2. The summed E-state index contributed by atoms with van der Waals surface area (Å²) in [5, 5.41) is 3.69. The van der Waals surface area contributed by atoms with Crippen molar-refractivity contribution >= 4 is 34.1 Å². The van der Waals surface area contributed by atoms with Crippen molar-refractivity contribution in [3.8, 4) is 17.2 Å². The second-order valence-electron chi connectivity index (χ2n) is 6.46. The minimum absolute atomic E-state index is 0.205. The lowest BCUT2D eigenvalue weighted by molar-refractivity contribution is -0.116. The van der Waals surface area contributed by atoms with Crippen molar-refractivity contribution in [3.05, 3.63) is 52.0 Å². The molecule has 2 aromatic carbocycles. The number of ether oxygens (including phenoxy) is 3. The minimum Gasteiger partial charge on any atom is -0.495 e. The number of rotatable bonds is 8. The van der Waals surface area contributed by atoms with Crippen LogP contribution >= 0.6 is 11.6 Å². The number of nitrogens with one attached hydrogen (secondary N) is 1. The Kier molecular flexibility index (Phi) is 6.79. The molecule has 0 atom stereocenters. The number of benzene rings is 2. The SMILES string of the molecule is COc1ccc(Cl)cc1NC(=O)CCCn1cnc2cc(OC)c(OC)cc2c1=O. The van der Waals surface area contributed by atoms with E-state index >= 15 is 0 Å². The highest BCUT2D eigenvalue weighted by atomic mass is 35.5. The van der Waals surface area contributed by atoms with Gasteiger partial charge < -0.3 is 19.5 Å². The van der Waals surface area contributed by atoms with E-state index in [0.29, 0.717) is 51.8 Å². The summed E-state index contributed by atoms with van der Waals surface area (Å²) in [4.78, 5) is 29.4. The molecule has 1 aromatic heterocycles. The first-order valence-corrected chi connectivity index (χ1v) is 9.59. The van der Waals surface area contributed by atoms with Gasteiger partial charge in [-0.05, 0) is 30.7 Å². The van der Waals surface area contributed by atoms with Gasteiger partial charge in [-0.3, -0.25) is 14.2 Å². The molecule has 0 fully saturated rings. The van der Waals surface area contributed by atoms with E-state index < -0.39 is 0 Å². The molecule has 0 radical (unpaired) electrons. The van der Waals surface area contributed by atoms with Gasteiger partial charge in [-0.25, -0.2) is 4.98 Å². The van der Waals surface area contributed by atoms with Crippen molar-refractivity contribution in [1.29, 1.82) is 0 Å². The number of aromatic nitrogens is 2. The summed E-state index contributed by atoms with van der Waals surface area (Å²) >= 11 is 5.98. The summed E-state index contributed by atoms with van der Waals surface area (Å²) in [6, 6.07) is 8.25. The maximum absolute atomic E-state index is 12.8. The molecule has 0 unspecified atom stereocenters. The molecule has 9 heteroatoms. The Bertz CT molecular complexity index is 1130. The van der Waals surface area contributed by atoms with Gasteiger partial charge in [-0.2, -0.15) is 0 Å². The number of carbonyl (C=O) groups excluding carboxylic acids is 1. The van der Waals surface area contributed by atoms with Gasteiger partial charge in [-0.15, -0.1) is 0 Å². The summed E-state index contributed by atoms with van der Waals surface area (Å²) in [6.45, 7) is 0.343. The molecule has 0 aliphatic heterocycles. The minimum atomic E-state index is -0.210. The number of anilines is 1. The van der Waals surface area contributed by atoms with Gasteiger partial charge in [-0.1, -0.05) is 11.6 Å². The van der Waals surface area contributed by atoms with E-state index in [9.17, 15) is 9.59 Å². The number of amides is 1. The number of methoxy groups -OCH3 is 3. The van der Waals surface area contributed by atoms with Gasteiger partial charge >= 0.3 is 0 Å². The van der Waals surface area contributed by atoms with Gasteiger partial charge in [0.15, 0.2) is 11.5 Å². The van der Waals surface area contributed by atoms with Crippen LogP contribution in [0.25, 0.3) is 10.9 Å². The van der Waals surface area contributed by atoms with Crippen molar-refractivity contribution in [3.63, 3.8) is 0 Å². The number of nitrogens with zero attached hydrogens (tertiary/aromatic N) is 2. The van der Waals surface area contributed by atoms with Gasteiger partial charge in [0.2, 0.25) is 5.91 Å². The van der Waals surface area contributed by atoms with Crippen LogP contribution in [0.1, 0.15) is 12.8 Å². The van der Waals surface area contributed by atoms with E-state index in [-0.39, 0.29) is 17.9 Å². The van der Waals surface area contributed by atoms with Crippen LogP contribution in [0.5, 0.6) is 17.2 Å². The quantitative estimate of drug-likeness (QED) is 0.587. The third-order valence-electron chi connectivity index (χ3n) is 4.57. The molecule has 3 aromatic rings. The molecule has 3 rings (SSSR count). The zero-order valence-electron chi connectivity index (χ0n) is 16.9. The van der Waals surface area contributed by atoms with E-state index in [1.165, 1.54) is 32.2 Å². The average molecular weight is 432 g/mol. The lowest BCUT2D eigenvalue weighted by Crippen LogP contribution is -2.22. The fourth-order valence-corrected chi connectivity index (χ4v) is 3.22. The van der Waals surface area contributed by atoms with E-state index in [1.54, 1.807) is 30.3 Å². The van der Waals surface area contributed by atoms with Crippen LogP contribution in [0.3, 0.4) is 0 Å². The summed E-state index contributed by atoms with van der Waals surface area (Å²) in [5.41, 5.74) is 0.804. The Labute approximate surface area is 178 Å². The van der Waals surface area contributed by atoms with Crippen molar-refractivity contribution in [2.24, 2.45) is 0 Å². The molecule has 1 heterocycles. The molecule has 0 bridgehead atoms. The highest BCUT2D eigenvalue weighted by molar-refractivity contribution is 6.31. The zero-order chi connectivity index (χ0) is 21.7. The Balaban J connectivity index is 1.69. The van der Waals surface area contributed by atoms with Crippen LogP contribution in [-0.2, 0) is 11.3 Å². The van der Waals surface area contributed by atoms with Gasteiger partial charge in [0, 0.05) is 24.1 Å². The van der Waals surface area contributed by atoms with Crippen LogP contribution in [0, 0.1) is 0 Å². The normalized spacial score (nSPS) is 10.7. The monoisotopic (exact) mass is 431 g/mol. The first-order chi connectivity index (χ1) is 14.5. The smallest absolute Gasteiger partial charge is 0.261 e. The zero-order valence-corrected chi connectivity index (χ0v) is 17.7. The molecule has 0 saturated heterocycles. The number of aryl methyl sites for hydroxylation is 1. The van der Waals surface area contributed by atoms with E-state index in [0.717, 1.165) is 0 Å². The molecular formula is C21H22ClN3O5. The molecule has 8 nitrogen and oxygen atoms in total. The van der Waals surface area contributed by atoms with Crippen LogP contribution < -0.4 is 25.1 Å². The number of halogens is 1. The predicted octanol–water partition coefficient (Wildman–Crippen LogP) is 3.49. The number of hydrogen-bond acceptors (Lipinski definition) is 6. The van der Waals surface area contributed by atoms with Gasteiger partial charge in [0.25, 0.3) is 5.56 Å². The topological polar surface area (TPSA) is 91.7 Å². The first-order valence-electron chi connectivity index (χ1n) is 9.21. The molecule has 30 heavy (non-hydrogen) atoms. The molecule has 0 aliphatic rings. The van der Waals surface area contributed by atoms with Crippen molar-refractivity contribution in [1.82, 2.24) is 9.55 Å². The fraction of sp³-hybridized carbons (Fsp3) is 0.286. The predicted molar refractivity (Wildman–Crippen MR) is 115 cm³/mol. The number of hydrogen-bond donors (Lipinski definition) is 1. The van der Waals surface area contributed by atoms with E-state index in [2.05, 4.69) is 10.3 Å². The molecule has 0 spiro atoms. The Morgan fingerprint density at radius 3 is 2.47 bits per heavy atom. The molecule has 158 valence electrons. The van der Waals surface area contributed by atoms with E-state index in [1.807, 2.05) is 0 Å².